The molecule has 0 aliphatic rings. The summed E-state index contributed by atoms with van der Waals surface area (Å²) in [5.74, 6) is 0.633. The molecule has 0 unspecified atom stereocenters. The van der Waals surface area contributed by atoms with Crippen LogP contribution in [-0.2, 0) is 13.2 Å². The number of aliphatic hydroxyl groups excluding tert-OH is 1. The van der Waals surface area contributed by atoms with Gasteiger partial charge in [0.2, 0.25) is 0 Å². The van der Waals surface area contributed by atoms with Gasteiger partial charge in [0, 0.05) is 14.7 Å². The highest BCUT2D eigenvalue weighted by molar-refractivity contribution is 9.10. The van der Waals surface area contributed by atoms with E-state index in [-0.39, 0.29) is 6.61 Å². The van der Waals surface area contributed by atoms with E-state index in [0.717, 1.165) is 14.9 Å². The molecule has 0 amide bonds. The molecule has 0 bridgehead atoms. The lowest BCUT2D eigenvalue weighted by Crippen LogP contribution is -1.94. The Balaban J connectivity index is 2.04. The fourth-order valence-electron chi connectivity index (χ4n) is 1.34. The van der Waals surface area contributed by atoms with Crippen molar-refractivity contribution in [2.75, 3.05) is 0 Å². The Morgan fingerprint density at radius 1 is 1.35 bits per heavy atom. The van der Waals surface area contributed by atoms with E-state index in [1.54, 1.807) is 29.5 Å². The minimum Gasteiger partial charge on any atom is -0.487 e. The highest BCUT2D eigenvalue weighted by Crippen LogP contribution is 2.27. The third kappa shape index (κ3) is 3.45. The largest absolute Gasteiger partial charge is 0.487 e. The Labute approximate surface area is 117 Å². The lowest BCUT2D eigenvalue weighted by atomic mass is 10.2. The Morgan fingerprint density at radius 3 is 2.76 bits per heavy atom. The molecule has 2 rings (SSSR count). The van der Waals surface area contributed by atoms with Gasteiger partial charge in [0.1, 0.15) is 12.4 Å². The van der Waals surface area contributed by atoms with E-state index in [4.69, 9.17) is 21.4 Å². The zero-order valence-electron chi connectivity index (χ0n) is 8.82. The average Bonchev–Trinajstić information content (AvgIpc) is 2.73. The summed E-state index contributed by atoms with van der Waals surface area (Å²) in [4.78, 5) is 1.12. The van der Waals surface area contributed by atoms with Crippen molar-refractivity contribution < 1.29 is 9.84 Å². The van der Waals surface area contributed by atoms with Crippen LogP contribution < -0.4 is 4.74 Å². The normalized spacial score (nSPS) is 10.5. The highest BCUT2D eigenvalue weighted by atomic mass is 79.9. The van der Waals surface area contributed by atoms with Gasteiger partial charge < -0.3 is 9.84 Å². The third-order valence-corrected chi connectivity index (χ3v) is 4.14. The summed E-state index contributed by atoms with van der Waals surface area (Å²) >= 11 is 11.1. The Hall–Kier alpha value is -0.550. The van der Waals surface area contributed by atoms with Gasteiger partial charge in [0.15, 0.2) is 0 Å². The summed E-state index contributed by atoms with van der Waals surface area (Å²) in [5, 5.41) is 11.5. The smallest absolute Gasteiger partial charge is 0.138 e. The van der Waals surface area contributed by atoms with Crippen molar-refractivity contribution in [1.29, 1.82) is 0 Å². The van der Waals surface area contributed by atoms with Gasteiger partial charge in [-0.3, -0.25) is 0 Å². The molecule has 1 aromatic carbocycles. The van der Waals surface area contributed by atoms with Gasteiger partial charge in [-0.05, 0) is 39.7 Å². The van der Waals surface area contributed by atoms with Crippen LogP contribution in [0.1, 0.15) is 10.4 Å². The standard InChI is InChI=1S/C12H10BrClO2S/c13-9-4-10(17-7-9)6-16-12-2-1-8(5-15)3-11(12)14/h1-4,7,15H,5-6H2. The first-order valence-electron chi connectivity index (χ1n) is 4.94. The first kappa shape index (κ1) is 12.9. The van der Waals surface area contributed by atoms with Crippen LogP contribution in [0.3, 0.4) is 0 Å². The van der Waals surface area contributed by atoms with E-state index in [0.29, 0.717) is 17.4 Å². The van der Waals surface area contributed by atoms with Crippen LogP contribution in [0.4, 0.5) is 0 Å². The van der Waals surface area contributed by atoms with E-state index in [1.807, 2.05) is 11.4 Å². The second-order valence-electron chi connectivity index (χ2n) is 3.44. The van der Waals surface area contributed by atoms with Crippen LogP contribution >= 0.6 is 38.9 Å². The maximum absolute atomic E-state index is 8.96. The maximum atomic E-state index is 8.96. The summed E-state index contributed by atoms with van der Waals surface area (Å²) in [6.07, 6.45) is 0. The Bertz CT molecular complexity index is 513. The number of benzene rings is 1. The number of halogens is 2. The first-order valence-corrected chi connectivity index (χ1v) is 6.99. The number of hydrogen-bond acceptors (Lipinski definition) is 3. The van der Waals surface area contributed by atoms with Crippen molar-refractivity contribution in [2.45, 2.75) is 13.2 Å². The molecule has 0 spiro atoms. The Morgan fingerprint density at radius 2 is 2.18 bits per heavy atom. The zero-order valence-corrected chi connectivity index (χ0v) is 12.0. The minimum absolute atomic E-state index is 0.0160. The molecule has 0 saturated heterocycles. The second-order valence-corrected chi connectivity index (χ2v) is 5.76. The Kier molecular flexibility index (Phi) is 4.45. The molecule has 0 aliphatic heterocycles. The summed E-state index contributed by atoms with van der Waals surface area (Å²) in [5.41, 5.74) is 0.779. The number of thiophene rings is 1. The first-order chi connectivity index (χ1) is 8.19. The van der Waals surface area contributed by atoms with Gasteiger partial charge in [-0.25, -0.2) is 0 Å². The molecule has 90 valence electrons. The van der Waals surface area contributed by atoms with Gasteiger partial charge in [0.25, 0.3) is 0 Å². The van der Waals surface area contributed by atoms with Crippen LogP contribution in [-0.4, -0.2) is 5.11 Å². The zero-order chi connectivity index (χ0) is 12.3. The summed E-state index contributed by atoms with van der Waals surface area (Å²) in [6.45, 7) is 0.479. The van der Waals surface area contributed by atoms with Gasteiger partial charge in [-0.15, -0.1) is 11.3 Å². The average molecular weight is 334 g/mol. The molecule has 5 heteroatoms. The topological polar surface area (TPSA) is 29.5 Å². The van der Waals surface area contributed by atoms with Gasteiger partial charge in [-0.2, -0.15) is 0 Å². The van der Waals surface area contributed by atoms with Crippen molar-refractivity contribution in [1.82, 2.24) is 0 Å². The highest BCUT2D eigenvalue weighted by Gasteiger charge is 2.04. The molecule has 1 aromatic heterocycles. The molecule has 2 aromatic rings. The molecule has 0 radical (unpaired) electrons. The molecule has 17 heavy (non-hydrogen) atoms. The summed E-state index contributed by atoms with van der Waals surface area (Å²) in [6, 6.07) is 7.30. The van der Waals surface area contributed by atoms with E-state index in [2.05, 4.69) is 15.9 Å². The fourth-order valence-corrected chi connectivity index (χ4v) is 2.96. The van der Waals surface area contributed by atoms with E-state index < -0.39 is 0 Å². The van der Waals surface area contributed by atoms with Crippen LogP contribution in [0.5, 0.6) is 5.75 Å². The lowest BCUT2D eigenvalue weighted by Gasteiger charge is -2.07. The van der Waals surface area contributed by atoms with Crippen LogP contribution in [0.15, 0.2) is 34.1 Å². The molecule has 0 aliphatic carbocycles. The predicted molar refractivity (Wildman–Crippen MR) is 73.7 cm³/mol. The van der Waals surface area contributed by atoms with Crippen molar-refractivity contribution in [3.63, 3.8) is 0 Å². The van der Waals surface area contributed by atoms with Crippen molar-refractivity contribution in [2.24, 2.45) is 0 Å². The number of rotatable bonds is 4. The van der Waals surface area contributed by atoms with E-state index >= 15 is 0 Å². The van der Waals surface area contributed by atoms with Crippen molar-refractivity contribution in [3.8, 4) is 5.75 Å². The van der Waals surface area contributed by atoms with Crippen LogP contribution in [0, 0.1) is 0 Å². The van der Waals surface area contributed by atoms with Crippen molar-refractivity contribution in [3.05, 3.63) is 49.6 Å². The quantitative estimate of drug-likeness (QED) is 0.907. The van der Waals surface area contributed by atoms with Crippen molar-refractivity contribution >= 4 is 38.9 Å². The van der Waals surface area contributed by atoms with Gasteiger partial charge in [0.05, 0.1) is 11.6 Å². The molecule has 2 nitrogen and oxygen atoms in total. The number of aliphatic hydroxyl groups is 1. The van der Waals surface area contributed by atoms with E-state index in [9.17, 15) is 0 Å². The summed E-state index contributed by atoms with van der Waals surface area (Å²) in [7, 11) is 0. The molecule has 1 N–H and O–H groups in total. The molecular formula is C12H10BrClO2S. The van der Waals surface area contributed by atoms with Gasteiger partial charge >= 0.3 is 0 Å². The lowest BCUT2D eigenvalue weighted by molar-refractivity contribution is 0.281. The van der Waals surface area contributed by atoms with Crippen LogP contribution in [0.2, 0.25) is 5.02 Å². The number of ether oxygens (including phenoxy) is 1. The SMILES string of the molecule is OCc1ccc(OCc2cc(Br)cs2)c(Cl)c1. The third-order valence-electron chi connectivity index (χ3n) is 2.17. The molecular weight excluding hydrogens is 324 g/mol. The number of hydrogen-bond donors (Lipinski definition) is 1. The van der Waals surface area contributed by atoms with Crippen LogP contribution in [0.25, 0.3) is 0 Å². The maximum Gasteiger partial charge on any atom is 0.138 e. The molecule has 0 atom stereocenters. The second kappa shape index (κ2) is 5.87. The molecule has 0 fully saturated rings. The van der Waals surface area contributed by atoms with Gasteiger partial charge in [-0.1, -0.05) is 17.7 Å². The predicted octanol–water partition coefficient (Wildman–Crippen LogP) is 4.24. The monoisotopic (exact) mass is 332 g/mol. The summed E-state index contributed by atoms with van der Waals surface area (Å²) < 4.78 is 6.67. The van der Waals surface area contributed by atoms with E-state index in [1.165, 1.54) is 0 Å². The molecule has 1 heterocycles. The fraction of sp³-hybridized carbons (Fsp3) is 0.167. The molecule has 0 saturated carbocycles. The minimum atomic E-state index is -0.0160.